The number of carbonyl (C=O) groups is 2. The summed E-state index contributed by atoms with van der Waals surface area (Å²) in [5, 5.41) is 12.7. The Hall–Kier alpha value is -1.63. The van der Waals surface area contributed by atoms with Gasteiger partial charge >= 0.3 is 5.97 Å². The second-order valence-corrected chi connectivity index (χ2v) is 6.55. The second kappa shape index (κ2) is 6.89. The van der Waals surface area contributed by atoms with Crippen LogP contribution in [0, 0.1) is 0 Å². The summed E-state index contributed by atoms with van der Waals surface area (Å²) >= 11 is 8.71. The zero-order valence-corrected chi connectivity index (χ0v) is 13.5. The highest BCUT2D eigenvalue weighted by Crippen LogP contribution is 2.24. The Kier molecular flexibility index (Phi) is 5.17. The summed E-state index contributed by atoms with van der Waals surface area (Å²) in [5.41, 5.74) is 0.952. The lowest BCUT2D eigenvalue weighted by Gasteiger charge is -2.15. The van der Waals surface area contributed by atoms with Crippen molar-refractivity contribution in [2.75, 3.05) is 7.05 Å². The number of carboxylic acids is 1. The standard InChI is InChI=1S/C14H12ClNO3S2/c1-16(14(19)13-11(15)4-5-20-13)7-9-6-10(21-8-9)2-3-12(17)18/h2-6,8H,7H2,1H3,(H,17,18)/b3-2+. The summed E-state index contributed by atoms with van der Waals surface area (Å²) in [4.78, 5) is 25.6. The van der Waals surface area contributed by atoms with Crippen molar-refractivity contribution in [3.63, 3.8) is 0 Å². The molecule has 0 saturated carbocycles. The van der Waals surface area contributed by atoms with Crippen LogP contribution in [0.4, 0.5) is 0 Å². The first-order chi connectivity index (χ1) is 9.97. The van der Waals surface area contributed by atoms with E-state index in [1.54, 1.807) is 23.4 Å². The molecule has 4 nitrogen and oxygen atoms in total. The summed E-state index contributed by atoms with van der Waals surface area (Å²) in [5.74, 6) is -1.10. The average molecular weight is 342 g/mol. The normalized spacial score (nSPS) is 11.0. The first kappa shape index (κ1) is 15.8. The number of aliphatic carboxylic acids is 1. The molecule has 0 atom stereocenters. The Bertz CT molecular complexity index is 690. The van der Waals surface area contributed by atoms with Crippen LogP contribution in [-0.4, -0.2) is 28.9 Å². The molecule has 2 aromatic rings. The van der Waals surface area contributed by atoms with Gasteiger partial charge < -0.3 is 10.0 Å². The van der Waals surface area contributed by atoms with Gasteiger partial charge in [-0.2, -0.15) is 0 Å². The number of carboxylic acid groups (broad SMARTS) is 1. The molecule has 0 radical (unpaired) electrons. The molecular formula is C14H12ClNO3S2. The van der Waals surface area contributed by atoms with E-state index in [1.807, 2.05) is 11.4 Å². The predicted octanol–water partition coefficient (Wildman–Crippen LogP) is 3.83. The highest BCUT2D eigenvalue weighted by atomic mass is 35.5. The smallest absolute Gasteiger partial charge is 0.328 e. The molecule has 0 bridgehead atoms. The molecule has 7 heteroatoms. The van der Waals surface area contributed by atoms with E-state index in [0.717, 1.165) is 16.5 Å². The number of rotatable bonds is 5. The number of thiophene rings is 2. The molecule has 0 aromatic carbocycles. The topological polar surface area (TPSA) is 57.6 Å². The van der Waals surface area contributed by atoms with E-state index in [0.29, 0.717) is 16.4 Å². The van der Waals surface area contributed by atoms with E-state index < -0.39 is 5.97 Å². The fraction of sp³-hybridized carbons (Fsp3) is 0.143. The van der Waals surface area contributed by atoms with Gasteiger partial charge in [-0.3, -0.25) is 4.79 Å². The van der Waals surface area contributed by atoms with Gasteiger partial charge in [0.1, 0.15) is 4.88 Å². The minimum atomic E-state index is -0.982. The SMILES string of the molecule is CN(Cc1csc(/C=C/C(=O)O)c1)C(=O)c1sccc1Cl. The maximum atomic E-state index is 12.2. The largest absolute Gasteiger partial charge is 0.478 e. The van der Waals surface area contributed by atoms with Crippen molar-refractivity contribution >= 4 is 52.2 Å². The lowest BCUT2D eigenvalue weighted by molar-refractivity contribution is -0.131. The summed E-state index contributed by atoms with van der Waals surface area (Å²) in [6.45, 7) is 0.449. The van der Waals surface area contributed by atoms with Gasteiger partial charge in [-0.1, -0.05) is 11.6 Å². The lowest BCUT2D eigenvalue weighted by Crippen LogP contribution is -2.25. The molecule has 0 spiro atoms. The molecule has 0 aliphatic rings. The van der Waals surface area contributed by atoms with Crippen LogP contribution in [0.5, 0.6) is 0 Å². The van der Waals surface area contributed by atoms with Crippen LogP contribution in [0.2, 0.25) is 5.02 Å². The molecule has 0 aliphatic carbocycles. The van der Waals surface area contributed by atoms with E-state index in [4.69, 9.17) is 16.7 Å². The van der Waals surface area contributed by atoms with Crippen LogP contribution < -0.4 is 0 Å². The van der Waals surface area contributed by atoms with E-state index in [-0.39, 0.29) is 5.91 Å². The maximum Gasteiger partial charge on any atom is 0.328 e. The molecule has 2 aromatic heterocycles. The van der Waals surface area contributed by atoms with Crippen molar-refractivity contribution in [2.45, 2.75) is 6.54 Å². The molecule has 0 saturated heterocycles. The molecular weight excluding hydrogens is 330 g/mol. The van der Waals surface area contributed by atoms with Crippen molar-refractivity contribution in [1.82, 2.24) is 4.90 Å². The minimum Gasteiger partial charge on any atom is -0.478 e. The number of hydrogen-bond donors (Lipinski definition) is 1. The van der Waals surface area contributed by atoms with Crippen molar-refractivity contribution in [2.24, 2.45) is 0 Å². The van der Waals surface area contributed by atoms with Crippen molar-refractivity contribution in [3.8, 4) is 0 Å². The predicted molar refractivity (Wildman–Crippen MR) is 86.1 cm³/mol. The number of nitrogens with zero attached hydrogens (tertiary/aromatic N) is 1. The minimum absolute atomic E-state index is 0.121. The zero-order valence-electron chi connectivity index (χ0n) is 11.1. The summed E-state index contributed by atoms with van der Waals surface area (Å²) in [6.07, 6.45) is 2.63. The summed E-state index contributed by atoms with van der Waals surface area (Å²) < 4.78 is 0. The third kappa shape index (κ3) is 4.17. The van der Waals surface area contributed by atoms with E-state index in [9.17, 15) is 9.59 Å². The van der Waals surface area contributed by atoms with Crippen LogP contribution in [0.25, 0.3) is 6.08 Å². The summed E-state index contributed by atoms with van der Waals surface area (Å²) in [6, 6.07) is 3.57. The Balaban J connectivity index is 2.03. The van der Waals surface area contributed by atoms with Crippen molar-refractivity contribution in [3.05, 3.63) is 49.3 Å². The third-order valence-corrected chi connectivity index (χ3v) is 4.92. The van der Waals surface area contributed by atoms with E-state index in [2.05, 4.69) is 0 Å². The number of halogens is 1. The number of amides is 1. The Morgan fingerprint density at radius 2 is 2.19 bits per heavy atom. The molecule has 1 amide bonds. The third-order valence-electron chi connectivity index (χ3n) is 2.64. The van der Waals surface area contributed by atoms with Crippen LogP contribution in [0.15, 0.2) is 29.0 Å². The van der Waals surface area contributed by atoms with Gasteiger partial charge in [0.25, 0.3) is 5.91 Å². The quantitative estimate of drug-likeness (QED) is 0.841. The monoisotopic (exact) mass is 341 g/mol. The highest BCUT2D eigenvalue weighted by molar-refractivity contribution is 7.12. The van der Waals surface area contributed by atoms with Crippen molar-refractivity contribution < 1.29 is 14.7 Å². The van der Waals surface area contributed by atoms with Crippen LogP contribution in [0.3, 0.4) is 0 Å². The molecule has 0 fully saturated rings. The van der Waals surface area contributed by atoms with Crippen LogP contribution in [-0.2, 0) is 11.3 Å². The maximum absolute atomic E-state index is 12.2. The highest BCUT2D eigenvalue weighted by Gasteiger charge is 2.17. The van der Waals surface area contributed by atoms with Gasteiger partial charge in [0.05, 0.1) is 5.02 Å². The first-order valence-electron chi connectivity index (χ1n) is 5.94. The van der Waals surface area contributed by atoms with Gasteiger partial charge in [-0.05, 0) is 34.5 Å². The number of hydrogen-bond acceptors (Lipinski definition) is 4. The molecule has 2 heterocycles. The number of carbonyl (C=O) groups excluding carboxylic acids is 1. The van der Waals surface area contributed by atoms with Crippen molar-refractivity contribution in [1.29, 1.82) is 0 Å². The van der Waals surface area contributed by atoms with Crippen LogP contribution in [0.1, 0.15) is 20.1 Å². The fourth-order valence-electron chi connectivity index (χ4n) is 1.68. The second-order valence-electron chi connectivity index (χ2n) is 4.29. The first-order valence-corrected chi connectivity index (χ1v) is 8.08. The van der Waals surface area contributed by atoms with Gasteiger partial charge in [0, 0.05) is 24.5 Å². The zero-order chi connectivity index (χ0) is 15.4. The Labute approximate surface area is 134 Å². The van der Waals surface area contributed by atoms with E-state index >= 15 is 0 Å². The molecule has 1 N–H and O–H groups in total. The van der Waals surface area contributed by atoms with Gasteiger partial charge in [-0.25, -0.2) is 4.79 Å². The van der Waals surface area contributed by atoms with Gasteiger partial charge in [0.15, 0.2) is 0 Å². The Morgan fingerprint density at radius 3 is 2.81 bits per heavy atom. The molecule has 0 aliphatic heterocycles. The molecule has 21 heavy (non-hydrogen) atoms. The lowest BCUT2D eigenvalue weighted by atomic mass is 10.2. The average Bonchev–Trinajstić information content (AvgIpc) is 3.04. The Morgan fingerprint density at radius 1 is 1.43 bits per heavy atom. The molecule has 2 rings (SSSR count). The van der Waals surface area contributed by atoms with E-state index in [1.165, 1.54) is 28.7 Å². The summed E-state index contributed by atoms with van der Waals surface area (Å²) in [7, 11) is 1.71. The molecule has 110 valence electrons. The van der Waals surface area contributed by atoms with Gasteiger partial charge in [-0.15, -0.1) is 22.7 Å². The van der Waals surface area contributed by atoms with Crippen LogP contribution >= 0.6 is 34.3 Å². The molecule has 0 unspecified atom stereocenters. The van der Waals surface area contributed by atoms with Gasteiger partial charge in [0.2, 0.25) is 0 Å². The fourth-order valence-corrected chi connectivity index (χ4v) is 3.61.